The predicted molar refractivity (Wildman–Crippen MR) is 77.0 cm³/mol. The third-order valence-electron chi connectivity index (χ3n) is 4.13. The van der Waals surface area contributed by atoms with Crippen LogP contribution in [0.1, 0.15) is 33.1 Å². The van der Waals surface area contributed by atoms with Crippen LogP contribution in [0.25, 0.3) is 0 Å². The molecule has 0 aromatic rings. The first kappa shape index (κ1) is 16.4. The highest BCUT2D eigenvalue weighted by Crippen LogP contribution is 2.19. The summed E-state index contributed by atoms with van der Waals surface area (Å²) in [5.74, 6) is 0.123. The molecule has 1 fully saturated rings. The number of rotatable bonds is 6. The first-order valence-corrected chi connectivity index (χ1v) is 7.34. The van der Waals surface area contributed by atoms with Crippen LogP contribution in [0.4, 0.5) is 0 Å². The molecule has 5 nitrogen and oxygen atoms in total. The standard InChI is InChI=1S/C14H29N3O2/c1-4-14(2,19-3)13(18)17-10-6-9-16(11-12-17)8-5-7-15/h4-12,15H2,1-3H3. The van der Waals surface area contributed by atoms with Crippen molar-refractivity contribution in [1.82, 2.24) is 9.80 Å². The molecule has 0 aliphatic carbocycles. The molecule has 0 aromatic carbocycles. The van der Waals surface area contributed by atoms with Crippen LogP contribution < -0.4 is 5.73 Å². The molecule has 1 unspecified atom stereocenters. The molecule has 0 spiro atoms. The maximum absolute atomic E-state index is 12.5. The fourth-order valence-electron chi connectivity index (χ4n) is 2.43. The van der Waals surface area contributed by atoms with E-state index in [0.29, 0.717) is 6.42 Å². The molecule has 1 heterocycles. The molecular weight excluding hydrogens is 242 g/mol. The second kappa shape index (κ2) is 7.82. The van der Waals surface area contributed by atoms with Crippen LogP contribution in [0.3, 0.4) is 0 Å². The van der Waals surface area contributed by atoms with Crippen LogP contribution >= 0.6 is 0 Å². The van der Waals surface area contributed by atoms with Gasteiger partial charge in [0, 0.05) is 26.7 Å². The average Bonchev–Trinajstić information content (AvgIpc) is 2.68. The number of nitrogens with two attached hydrogens (primary N) is 1. The SMILES string of the molecule is CCC(C)(OC)C(=O)N1CCCN(CCCN)CC1. The summed E-state index contributed by atoms with van der Waals surface area (Å²) in [6.07, 6.45) is 2.76. The Morgan fingerprint density at radius 2 is 2.05 bits per heavy atom. The van der Waals surface area contributed by atoms with Crippen LogP contribution in [0.2, 0.25) is 0 Å². The summed E-state index contributed by atoms with van der Waals surface area (Å²) in [6.45, 7) is 9.26. The van der Waals surface area contributed by atoms with E-state index in [0.717, 1.165) is 52.1 Å². The van der Waals surface area contributed by atoms with Crippen molar-refractivity contribution in [2.24, 2.45) is 5.73 Å². The maximum Gasteiger partial charge on any atom is 0.254 e. The monoisotopic (exact) mass is 271 g/mol. The minimum atomic E-state index is -0.674. The van der Waals surface area contributed by atoms with E-state index < -0.39 is 5.60 Å². The number of methoxy groups -OCH3 is 1. The highest BCUT2D eigenvalue weighted by Gasteiger charge is 2.35. The fraction of sp³-hybridized carbons (Fsp3) is 0.929. The molecule has 0 aromatic heterocycles. The molecule has 1 aliphatic heterocycles. The Bertz CT molecular complexity index is 280. The lowest BCUT2D eigenvalue weighted by Crippen LogP contribution is -2.49. The minimum absolute atomic E-state index is 0.123. The lowest BCUT2D eigenvalue weighted by Gasteiger charge is -2.32. The molecule has 1 aliphatic rings. The van der Waals surface area contributed by atoms with E-state index >= 15 is 0 Å². The Kier molecular flexibility index (Phi) is 6.75. The highest BCUT2D eigenvalue weighted by molar-refractivity contribution is 5.84. The number of hydrogen-bond acceptors (Lipinski definition) is 4. The molecule has 1 saturated heterocycles. The molecule has 5 heteroatoms. The zero-order valence-electron chi connectivity index (χ0n) is 12.7. The Morgan fingerprint density at radius 1 is 1.32 bits per heavy atom. The Balaban J connectivity index is 2.54. The third-order valence-corrected chi connectivity index (χ3v) is 4.13. The second-order valence-electron chi connectivity index (χ2n) is 5.42. The minimum Gasteiger partial charge on any atom is -0.369 e. The molecule has 2 N–H and O–H groups in total. The molecule has 1 rings (SSSR count). The number of carbonyl (C=O) groups is 1. The molecule has 1 amide bonds. The van der Waals surface area contributed by atoms with Crippen LogP contribution in [-0.4, -0.2) is 67.7 Å². The third kappa shape index (κ3) is 4.44. The normalized spacial score (nSPS) is 20.9. The van der Waals surface area contributed by atoms with Crippen LogP contribution in [-0.2, 0) is 9.53 Å². The molecular formula is C14H29N3O2. The van der Waals surface area contributed by atoms with E-state index in [1.54, 1.807) is 7.11 Å². The molecule has 0 radical (unpaired) electrons. The van der Waals surface area contributed by atoms with Crippen molar-refractivity contribution < 1.29 is 9.53 Å². The van der Waals surface area contributed by atoms with E-state index in [1.807, 2.05) is 18.7 Å². The summed E-state index contributed by atoms with van der Waals surface area (Å²) in [5, 5.41) is 0. The lowest BCUT2D eigenvalue weighted by atomic mass is 10.0. The van der Waals surface area contributed by atoms with Gasteiger partial charge in [0.2, 0.25) is 0 Å². The highest BCUT2D eigenvalue weighted by atomic mass is 16.5. The van der Waals surface area contributed by atoms with E-state index in [-0.39, 0.29) is 5.91 Å². The van der Waals surface area contributed by atoms with E-state index in [1.165, 1.54) is 0 Å². The van der Waals surface area contributed by atoms with Crippen molar-refractivity contribution in [1.29, 1.82) is 0 Å². The molecule has 19 heavy (non-hydrogen) atoms. The van der Waals surface area contributed by atoms with Crippen molar-refractivity contribution in [2.75, 3.05) is 46.4 Å². The Morgan fingerprint density at radius 3 is 2.63 bits per heavy atom. The number of nitrogens with zero attached hydrogens (tertiary/aromatic N) is 2. The van der Waals surface area contributed by atoms with Gasteiger partial charge in [0.25, 0.3) is 5.91 Å². The van der Waals surface area contributed by atoms with Gasteiger partial charge in [-0.05, 0) is 45.8 Å². The largest absolute Gasteiger partial charge is 0.369 e. The van der Waals surface area contributed by atoms with Gasteiger partial charge in [0.15, 0.2) is 0 Å². The van der Waals surface area contributed by atoms with Gasteiger partial charge < -0.3 is 20.3 Å². The van der Waals surface area contributed by atoms with Gasteiger partial charge in [-0.25, -0.2) is 0 Å². The first-order valence-electron chi connectivity index (χ1n) is 7.34. The quantitative estimate of drug-likeness (QED) is 0.772. The van der Waals surface area contributed by atoms with Gasteiger partial charge in [-0.2, -0.15) is 0 Å². The van der Waals surface area contributed by atoms with Crippen LogP contribution in [0.15, 0.2) is 0 Å². The average molecular weight is 271 g/mol. The van der Waals surface area contributed by atoms with Crippen molar-refractivity contribution in [2.45, 2.75) is 38.7 Å². The fourth-order valence-corrected chi connectivity index (χ4v) is 2.43. The van der Waals surface area contributed by atoms with Crippen LogP contribution in [0.5, 0.6) is 0 Å². The van der Waals surface area contributed by atoms with Crippen molar-refractivity contribution in [3.63, 3.8) is 0 Å². The van der Waals surface area contributed by atoms with E-state index in [2.05, 4.69) is 4.90 Å². The molecule has 112 valence electrons. The predicted octanol–water partition coefficient (Wildman–Crippen LogP) is 0.685. The summed E-state index contributed by atoms with van der Waals surface area (Å²) in [5.41, 5.74) is 4.87. The van der Waals surface area contributed by atoms with Crippen molar-refractivity contribution in [3.8, 4) is 0 Å². The Labute approximate surface area is 117 Å². The van der Waals surface area contributed by atoms with Crippen LogP contribution in [0, 0.1) is 0 Å². The van der Waals surface area contributed by atoms with Gasteiger partial charge in [0.05, 0.1) is 0 Å². The molecule has 0 saturated carbocycles. The summed E-state index contributed by atoms with van der Waals surface area (Å²) < 4.78 is 5.41. The smallest absolute Gasteiger partial charge is 0.254 e. The summed E-state index contributed by atoms with van der Waals surface area (Å²) in [4.78, 5) is 16.9. The van der Waals surface area contributed by atoms with Crippen molar-refractivity contribution >= 4 is 5.91 Å². The summed E-state index contributed by atoms with van der Waals surface area (Å²) in [7, 11) is 1.62. The number of amides is 1. The lowest BCUT2D eigenvalue weighted by molar-refractivity contribution is -0.153. The van der Waals surface area contributed by atoms with Gasteiger partial charge in [-0.1, -0.05) is 6.92 Å². The topological polar surface area (TPSA) is 58.8 Å². The zero-order valence-corrected chi connectivity index (χ0v) is 12.7. The number of carbonyl (C=O) groups excluding carboxylic acids is 1. The molecule has 1 atom stereocenters. The van der Waals surface area contributed by atoms with Crippen molar-refractivity contribution in [3.05, 3.63) is 0 Å². The number of hydrogen-bond donors (Lipinski definition) is 1. The summed E-state index contributed by atoms with van der Waals surface area (Å²) >= 11 is 0. The van der Waals surface area contributed by atoms with E-state index in [9.17, 15) is 4.79 Å². The zero-order chi connectivity index (χ0) is 14.3. The maximum atomic E-state index is 12.5. The Hall–Kier alpha value is -0.650. The summed E-state index contributed by atoms with van der Waals surface area (Å²) in [6, 6.07) is 0. The number of ether oxygens (including phenoxy) is 1. The molecule has 0 bridgehead atoms. The van der Waals surface area contributed by atoms with Gasteiger partial charge in [-0.15, -0.1) is 0 Å². The van der Waals surface area contributed by atoms with Gasteiger partial charge in [-0.3, -0.25) is 4.79 Å². The van der Waals surface area contributed by atoms with E-state index in [4.69, 9.17) is 10.5 Å². The van der Waals surface area contributed by atoms with Gasteiger partial charge in [0.1, 0.15) is 5.60 Å². The van der Waals surface area contributed by atoms with Gasteiger partial charge >= 0.3 is 0 Å². The second-order valence-corrected chi connectivity index (χ2v) is 5.42. The first-order chi connectivity index (χ1) is 9.07.